The Hall–Kier alpha value is -2.53. The van der Waals surface area contributed by atoms with Gasteiger partial charge in [-0.15, -0.1) is 0 Å². The number of anilines is 1. The Bertz CT molecular complexity index is 866. The van der Waals surface area contributed by atoms with Gasteiger partial charge in [-0.2, -0.15) is 5.10 Å². The van der Waals surface area contributed by atoms with E-state index in [1.807, 2.05) is 18.2 Å². The fourth-order valence-electron chi connectivity index (χ4n) is 2.24. The van der Waals surface area contributed by atoms with E-state index in [0.29, 0.717) is 27.8 Å². The standard InChI is InChI=1S/C15H13ClN4O/c1-20-15(17)13(9-5-2-3-6-10(9)16)14(19-20)11-7-4-8-12(21)18-11/h2-8H,17H2,1H3,(H,18,21). The lowest BCUT2D eigenvalue weighted by atomic mass is 10.0. The summed E-state index contributed by atoms with van der Waals surface area (Å²) in [6.07, 6.45) is 0. The Morgan fingerprint density at radius 3 is 2.67 bits per heavy atom. The smallest absolute Gasteiger partial charge is 0.248 e. The predicted molar refractivity (Wildman–Crippen MR) is 84.1 cm³/mol. The van der Waals surface area contributed by atoms with Crippen molar-refractivity contribution in [2.45, 2.75) is 0 Å². The topological polar surface area (TPSA) is 76.7 Å². The van der Waals surface area contributed by atoms with E-state index in [-0.39, 0.29) is 5.56 Å². The van der Waals surface area contributed by atoms with Crippen molar-refractivity contribution in [3.05, 3.63) is 57.8 Å². The second-order valence-electron chi connectivity index (χ2n) is 4.64. The molecule has 0 aliphatic heterocycles. The van der Waals surface area contributed by atoms with Crippen molar-refractivity contribution in [3.63, 3.8) is 0 Å². The number of aryl methyl sites for hydroxylation is 1. The summed E-state index contributed by atoms with van der Waals surface area (Å²) in [5.74, 6) is 0.489. The van der Waals surface area contributed by atoms with Crippen LogP contribution in [0.2, 0.25) is 5.02 Å². The molecule has 5 nitrogen and oxygen atoms in total. The summed E-state index contributed by atoms with van der Waals surface area (Å²) >= 11 is 6.27. The Kier molecular flexibility index (Phi) is 3.27. The Labute approximate surface area is 126 Å². The number of nitrogen functional groups attached to an aromatic ring is 1. The first-order valence-electron chi connectivity index (χ1n) is 6.35. The van der Waals surface area contributed by atoms with Crippen molar-refractivity contribution in [3.8, 4) is 22.5 Å². The number of nitrogens with two attached hydrogens (primary N) is 1. The van der Waals surface area contributed by atoms with E-state index in [2.05, 4.69) is 10.1 Å². The van der Waals surface area contributed by atoms with E-state index >= 15 is 0 Å². The van der Waals surface area contributed by atoms with Gasteiger partial charge in [-0.3, -0.25) is 9.48 Å². The molecular formula is C15H13ClN4O. The predicted octanol–water partition coefficient (Wildman–Crippen LogP) is 2.68. The highest BCUT2D eigenvalue weighted by molar-refractivity contribution is 6.33. The molecule has 6 heteroatoms. The van der Waals surface area contributed by atoms with E-state index in [1.165, 1.54) is 6.07 Å². The Morgan fingerprint density at radius 2 is 1.95 bits per heavy atom. The molecule has 2 heterocycles. The number of nitrogens with zero attached hydrogens (tertiary/aromatic N) is 2. The lowest BCUT2D eigenvalue weighted by Gasteiger charge is -2.06. The molecule has 0 saturated carbocycles. The van der Waals surface area contributed by atoms with E-state index in [9.17, 15) is 4.79 Å². The minimum absolute atomic E-state index is 0.193. The van der Waals surface area contributed by atoms with Crippen LogP contribution in [0.25, 0.3) is 22.5 Å². The normalized spacial score (nSPS) is 10.8. The van der Waals surface area contributed by atoms with Crippen molar-refractivity contribution >= 4 is 17.4 Å². The average Bonchev–Trinajstić information content (AvgIpc) is 2.76. The van der Waals surface area contributed by atoms with Crippen molar-refractivity contribution < 1.29 is 0 Å². The number of aromatic amines is 1. The van der Waals surface area contributed by atoms with Gasteiger partial charge in [-0.05, 0) is 12.1 Å². The van der Waals surface area contributed by atoms with Crippen LogP contribution in [0.3, 0.4) is 0 Å². The van der Waals surface area contributed by atoms with Crippen LogP contribution < -0.4 is 11.3 Å². The first-order valence-corrected chi connectivity index (χ1v) is 6.73. The molecule has 3 rings (SSSR count). The number of nitrogens with one attached hydrogen (secondary N) is 1. The zero-order valence-electron chi connectivity index (χ0n) is 11.3. The van der Waals surface area contributed by atoms with Gasteiger partial charge in [0.2, 0.25) is 5.56 Å². The average molecular weight is 301 g/mol. The second-order valence-corrected chi connectivity index (χ2v) is 5.05. The van der Waals surface area contributed by atoms with E-state index < -0.39 is 0 Å². The molecule has 0 unspecified atom stereocenters. The molecule has 0 aliphatic carbocycles. The Morgan fingerprint density at radius 1 is 1.19 bits per heavy atom. The molecule has 1 aromatic carbocycles. The van der Waals surface area contributed by atoms with Crippen LogP contribution in [-0.2, 0) is 7.05 Å². The number of pyridine rings is 1. The van der Waals surface area contributed by atoms with Gasteiger partial charge in [0.05, 0.1) is 11.3 Å². The fourth-order valence-corrected chi connectivity index (χ4v) is 2.47. The number of H-pyrrole nitrogens is 1. The zero-order valence-corrected chi connectivity index (χ0v) is 12.1. The number of halogens is 1. The number of benzene rings is 1. The number of rotatable bonds is 2. The van der Waals surface area contributed by atoms with Crippen LogP contribution in [0.15, 0.2) is 47.3 Å². The summed E-state index contributed by atoms with van der Waals surface area (Å²) in [5, 5.41) is 4.98. The Balaban J connectivity index is 2.31. The van der Waals surface area contributed by atoms with Gasteiger partial charge in [0.1, 0.15) is 11.5 Å². The van der Waals surface area contributed by atoms with Crippen molar-refractivity contribution in [2.24, 2.45) is 7.05 Å². The summed E-state index contributed by atoms with van der Waals surface area (Å²) in [7, 11) is 1.75. The third-order valence-electron chi connectivity index (χ3n) is 3.26. The quantitative estimate of drug-likeness (QED) is 0.764. The summed E-state index contributed by atoms with van der Waals surface area (Å²) in [4.78, 5) is 14.3. The van der Waals surface area contributed by atoms with Crippen molar-refractivity contribution in [1.82, 2.24) is 14.8 Å². The third-order valence-corrected chi connectivity index (χ3v) is 3.59. The molecule has 21 heavy (non-hydrogen) atoms. The van der Waals surface area contributed by atoms with E-state index in [0.717, 1.165) is 5.56 Å². The maximum Gasteiger partial charge on any atom is 0.248 e. The molecule has 0 amide bonds. The first-order chi connectivity index (χ1) is 10.1. The highest BCUT2D eigenvalue weighted by Crippen LogP contribution is 2.38. The van der Waals surface area contributed by atoms with Crippen molar-refractivity contribution in [1.29, 1.82) is 0 Å². The summed E-state index contributed by atoms with van der Waals surface area (Å²) in [5.41, 5.74) is 8.63. The molecule has 0 fully saturated rings. The largest absolute Gasteiger partial charge is 0.383 e. The van der Waals surface area contributed by atoms with Crippen LogP contribution in [0, 0.1) is 0 Å². The second kappa shape index (κ2) is 5.10. The lowest BCUT2D eigenvalue weighted by molar-refractivity contribution is 0.781. The van der Waals surface area contributed by atoms with E-state index in [1.54, 1.807) is 29.9 Å². The molecule has 0 saturated heterocycles. The molecule has 0 spiro atoms. The lowest BCUT2D eigenvalue weighted by Crippen LogP contribution is -2.04. The van der Waals surface area contributed by atoms with Crippen molar-refractivity contribution in [2.75, 3.05) is 5.73 Å². The third kappa shape index (κ3) is 2.32. The van der Waals surface area contributed by atoms with Crippen LogP contribution in [0.4, 0.5) is 5.82 Å². The molecule has 3 N–H and O–H groups in total. The van der Waals surface area contributed by atoms with Gasteiger partial charge >= 0.3 is 0 Å². The van der Waals surface area contributed by atoms with Crippen LogP contribution in [0.5, 0.6) is 0 Å². The first kappa shape index (κ1) is 13.5. The summed E-state index contributed by atoms with van der Waals surface area (Å²) < 4.78 is 1.57. The van der Waals surface area contributed by atoms with Gasteiger partial charge in [-0.25, -0.2) is 0 Å². The van der Waals surface area contributed by atoms with Crippen LogP contribution in [-0.4, -0.2) is 14.8 Å². The molecule has 0 atom stereocenters. The molecule has 106 valence electrons. The summed E-state index contributed by atoms with van der Waals surface area (Å²) in [6.45, 7) is 0. The molecule has 0 aliphatic rings. The summed E-state index contributed by atoms with van der Waals surface area (Å²) in [6, 6.07) is 12.3. The number of hydrogen-bond donors (Lipinski definition) is 2. The van der Waals surface area contributed by atoms with Gasteiger partial charge in [0.25, 0.3) is 0 Å². The molecule has 0 bridgehead atoms. The van der Waals surface area contributed by atoms with Crippen LogP contribution >= 0.6 is 11.6 Å². The molecule has 2 aromatic heterocycles. The van der Waals surface area contributed by atoms with Gasteiger partial charge in [0, 0.05) is 23.7 Å². The number of aromatic nitrogens is 3. The van der Waals surface area contributed by atoms with Gasteiger partial charge in [0.15, 0.2) is 0 Å². The minimum Gasteiger partial charge on any atom is -0.383 e. The SMILES string of the molecule is Cn1nc(-c2cccc(=O)[nH]2)c(-c2ccccc2Cl)c1N. The molecule has 0 radical (unpaired) electrons. The van der Waals surface area contributed by atoms with Crippen LogP contribution in [0.1, 0.15) is 0 Å². The molecule has 3 aromatic rings. The fraction of sp³-hybridized carbons (Fsp3) is 0.0667. The van der Waals surface area contributed by atoms with Gasteiger partial charge in [-0.1, -0.05) is 35.9 Å². The maximum atomic E-state index is 11.5. The zero-order chi connectivity index (χ0) is 15.0. The highest BCUT2D eigenvalue weighted by atomic mass is 35.5. The monoisotopic (exact) mass is 300 g/mol. The maximum absolute atomic E-state index is 11.5. The van der Waals surface area contributed by atoms with E-state index in [4.69, 9.17) is 17.3 Å². The highest BCUT2D eigenvalue weighted by Gasteiger charge is 2.19. The molecular weight excluding hydrogens is 288 g/mol. The number of hydrogen-bond acceptors (Lipinski definition) is 3. The minimum atomic E-state index is -0.193. The van der Waals surface area contributed by atoms with Gasteiger partial charge < -0.3 is 10.7 Å².